The van der Waals surface area contributed by atoms with Crippen LogP contribution in [0, 0.1) is 30.1 Å². The molecule has 55 heavy (non-hydrogen) atoms. The van der Waals surface area contributed by atoms with E-state index in [-0.39, 0.29) is 17.9 Å². The largest absolute Gasteiger partial charge is 0.481 e. The Hall–Kier alpha value is -4.99. The lowest BCUT2D eigenvalue weighted by Crippen LogP contribution is -2.36. The first-order valence-electron chi connectivity index (χ1n) is 19.2. The number of β-amino-alcohol motifs (C(OH)–C–C–N with tert-alkyl or cyclic N) is 1. The fourth-order valence-electron chi connectivity index (χ4n) is 8.98. The summed E-state index contributed by atoms with van der Waals surface area (Å²) >= 11 is 7.08. The molecule has 1 aliphatic carbocycles. The molecule has 8 rings (SSSR count). The van der Waals surface area contributed by atoms with Gasteiger partial charge in [-0.1, -0.05) is 41.9 Å². The van der Waals surface area contributed by atoms with Gasteiger partial charge in [0.1, 0.15) is 6.07 Å². The molecule has 4 heterocycles. The van der Waals surface area contributed by atoms with Crippen LogP contribution in [0.3, 0.4) is 0 Å². The third-order valence-electron chi connectivity index (χ3n) is 12.0. The molecule has 0 spiro atoms. The maximum atomic E-state index is 13.8. The van der Waals surface area contributed by atoms with Crippen molar-refractivity contribution in [2.24, 2.45) is 18.9 Å². The molecule has 0 bridgehead atoms. The van der Waals surface area contributed by atoms with Crippen molar-refractivity contribution in [1.82, 2.24) is 24.3 Å². The molecule has 3 aromatic carbocycles. The van der Waals surface area contributed by atoms with E-state index in [1.807, 2.05) is 41.9 Å². The smallest absolute Gasteiger partial charge is 0.306 e. The second-order valence-electron chi connectivity index (χ2n) is 15.6. The van der Waals surface area contributed by atoms with Gasteiger partial charge in [0.15, 0.2) is 5.82 Å². The summed E-state index contributed by atoms with van der Waals surface area (Å²) in [5, 5.41) is 33.8. The number of carbonyl (C=O) groups excluding carboxylic acids is 1. The van der Waals surface area contributed by atoms with E-state index < -0.39 is 5.97 Å². The molecule has 1 saturated carbocycles. The lowest BCUT2D eigenvalue weighted by Gasteiger charge is -2.33. The Balaban J connectivity index is 0.994. The quantitative estimate of drug-likeness (QED) is 0.124. The molecule has 3 aliphatic rings. The number of nitrogens with one attached hydrogen (secondary N) is 2. The number of carbonyl (C=O) groups is 2. The van der Waals surface area contributed by atoms with Gasteiger partial charge in [-0.05, 0) is 85.9 Å². The number of benzene rings is 3. The van der Waals surface area contributed by atoms with Gasteiger partial charge in [-0.15, -0.1) is 0 Å². The summed E-state index contributed by atoms with van der Waals surface area (Å²) in [5.74, 6) is -0.402. The van der Waals surface area contributed by atoms with E-state index in [9.17, 15) is 25.1 Å². The number of carboxylic acids is 1. The maximum absolute atomic E-state index is 13.8. The molecule has 1 saturated heterocycles. The highest BCUT2D eigenvalue weighted by Gasteiger charge is 2.30. The fraction of sp³-hybridized carbons (Fsp3) is 0.395. The number of aliphatic hydroxyl groups is 1. The molecule has 11 nitrogen and oxygen atoms in total. The summed E-state index contributed by atoms with van der Waals surface area (Å²) < 4.78 is 1.89. The van der Waals surface area contributed by atoms with Gasteiger partial charge in [-0.2, -0.15) is 5.26 Å². The number of fused-ring (bicyclic) bond motifs is 2. The van der Waals surface area contributed by atoms with Crippen LogP contribution in [0.2, 0.25) is 5.02 Å². The number of nitrogens with zero attached hydrogens (tertiary/aromatic N) is 5. The van der Waals surface area contributed by atoms with Gasteiger partial charge in [0.2, 0.25) is 0 Å². The summed E-state index contributed by atoms with van der Waals surface area (Å²) in [7, 11) is 1.89. The van der Waals surface area contributed by atoms with Crippen LogP contribution in [-0.4, -0.2) is 78.7 Å². The van der Waals surface area contributed by atoms with Crippen LogP contribution in [0.1, 0.15) is 70.8 Å². The number of hydrogen-bond acceptors (Lipinski definition) is 7. The molecule has 0 radical (unpaired) electrons. The Morgan fingerprint density at radius 3 is 2.53 bits per heavy atom. The number of halogens is 1. The summed E-state index contributed by atoms with van der Waals surface area (Å²) in [6, 6.07) is 20.2. The van der Waals surface area contributed by atoms with Gasteiger partial charge in [0.05, 0.1) is 39.5 Å². The molecule has 284 valence electrons. The number of aliphatic hydroxyl groups excluding tert-OH is 1. The molecule has 2 aliphatic heterocycles. The number of aliphatic carboxylic acids is 1. The van der Waals surface area contributed by atoms with E-state index in [0.29, 0.717) is 47.7 Å². The first kappa shape index (κ1) is 37.0. The van der Waals surface area contributed by atoms with E-state index in [0.717, 1.165) is 114 Å². The predicted molar refractivity (Wildman–Crippen MR) is 213 cm³/mol. The normalized spacial score (nSPS) is 20.4. The molecule has 12 heteroatoms. The molecule has 0 unspecified atom stereocenters. The standard InChI is InChI=1S/C43H46ClN7O4/c1-25-32(5-3-6-33(25)36-19-29-17-27(18-30(20-45)40(29)46-36)22-50-15-13-31(52)23-50)34-7-4-8-35(39(34)44)48-42(53)41-47-37-24-51(16-14-38(37)49(41)2)21-26-9-11-28(12-10-26)43(54)55/h3-8,17-19,26,28,31,46,52H,9-16,21-24H2,1-2H3,(H,48,53)(H,54,55)/t26?,28?,31-/m1/s1. The third kappa shape index (κ3) is 7.40. The Labute approximate surface area is 325 Å². The number of amides is 1. The van der Waals surface area contributed by atoms with E-state index in [1.54, 1.807) is 6.07 Å². The SMILES string of the molecule is Cc1c(-c2cc3cc(CN4CC[C@@H](O)C4)cc(C#N)c3[nH]2)cccc1-c1cccc(NC(=O)c2nc3c(n2C)CCN(CC2CCC(C(=O)O)CC2)C3)c1Cl. The number of aromatic amines is 1. The van der Waals surface area contributed by atoms with Crippen molar-refractivity contribution >= 4 is 40.1 Å². The molecule has 5 aromatic rings. The third-order valence-corrected chi connectivity index (χ3v) is 12.4. The number of anilines is 1. The number of imidazole rings is 1. The molecule has 1 atom stereocenters. The van der Waals surface area contributed by atoms with Crippen molar-refractivity contribution in [1.29, 1.82) is 5.26 Å². The highest BCUT2D eigenvalue weighted by molar-refractivity contribution is 6.36. The highest BCUT2D eigenvalue weighted by atomic mass is 35.5. The van der Waals surface area contributed by atoms with Crippen molar-refractivity contribution in [3.05, 3.63) is 93.5 Å². The van der Waals surface area contributed by atoms with Crippen molar-refractivity contribution < 1.29 is 19.8 Å². The van der Waals surface area contributed by atoms with Crippen LogP contribution in [0.15, 0.2) is 54.6 Å². The van der Waals surface area contributed by atoms with Crippen molar-refractivity contribution in [3.63, 3.8) is 0 Å². The number of hydrogen-bond donors (Lipinski definition) is 4. The Bertz CT molecular complexity index is 2330. The minimum atomic E-state index is -0.679. The maximum Gasteiger partial charge on any atom is 0.306 e. The van der Waals surface area contributed by atoms with Gasteiger partial charge in [0.25, 0.3) is 5.91 Å². The van der Waals surface area contributed by atoms with Gasteiger partial charge < -0.3 is 25.1 Å². The minimum absolute atomic E-state index is 0.216. The second-order valence-corrected chi connectivity index (χ2v) is 16.0. The molecular formula is C43H46ClN7O4. The summed E-state index contributed by atoms with van der Waals surface area (Å²) in [6.07, 6.45) is 4.60. The zero-order chi connectivity index (χ0) is 38.4. The van der Waals surface area contributed by atoms with Crippen LogP contribution in [0.5, 0.6) is 0 Å². The van der Waals surface area contributed by atoms with Crippen LogP contribution in [-0.2, 0) is 31.4 Å². The highest BCUT2D eigenvalue weighted by Crippen LogP contribution is 2.39. The first-order chi connectivity index (χ1) is 26.6. The fourth-order valence-corrected chi connectivity index (χ4v) is 9.25. The summed E-state index contributed by atoms with van der Waals surface area (Å²) in [6.45, 7) is 6.67. The molecule has 4 N–H and O–H groups in total. The average Bonchev–Trinajstić information content (AvgIpc) is 3.88. The van der Waals surface area contributed by atoms with Crippen molar-refractivity contribution in [2.45, 2.75) is 64.6 Å². The van der Waals surface area contributed by atoms with E-state index in [1.165, 1.54) is 0 Å². The van der Waals surface area contributed by atoms with Crippen LogP contribution >= 0.6 is 11.6 Å². The van der Waals surface area contributed by atoms with Crippen molar-refractivity contribution in [2.75, 3.05) is 31.5 Å². The zero-order valence-electron chi connectivity index (χ0n) is 31.2. The number of carboxylic acid groups (broad SMARTS) is 1. The van der Waals surface area contributed by atoms with Gasteiger partial charge in [-0.25, -0.2) is 4.98 Å². The van der Waals surface area contributed by atoms with E-state index in [2.05, 4.69) is 51.3 Å². The van der Waals surface area contributed by atoms with Crippen LogP contribution < -0.4 is 5.32 Å². The first-order valence-corrected chi connectivity index (χ1v) is 19.6. The van der Waals surface area contributed by atoms with Gasteiger partial charge >= 0.3 is 5.97 Å². The Kier molecular flexibility index (Phi) is 10.3. The predicted octanol–water partition coefficient (Wildman–Crippen LogP) is 7.14. The van der Waals surface area contributed by atoms with E-state index >= 15 is 0 Å². The van der Waals surface area contributed by atoms with E-state index in [4.69, 9.17) is 16.6 Å². The average molecular weight is 760 g/mol. The van der Waals surface area contributed by atoms with Crippen LogP contribution in [0.25, 0.3) is 33.3 Å². The zero-order valence-corrected chi connectivity index (χ0v) is 32.0. The van der Waals surface area contributed by atoms with Gasteiger partial charge in [0, 0.05) is 80.6 Å². The molecular weight excluding hydrogens is 714 g/mol. The molecule has 1 amide bonds. The molecule has 2 fully saturated rings. The monoisotopic (exact) mass is 759 g/mol. The van der Waals surface area contributed by atoms with Crippen LogP contribution in [0.4, 0.5) is 5.69 Å². The van der Waals surface area contributed by atoms with Crippen molar-refractivity contribution in [3.8, 4) is 28.5 Å². The number of H-pyrrole nitrogens is 1. The second kappa shape index (κ2) is 15.3. The summed E-state index contributed by atoms with van der Waals surface area (Å²) in [5.41, 5.74) is 9.47. The number of likely N-dealkylation sites (tertiary alicyclic amines) is 1. The Morgan fingerprint density at radius 1 is 1.02 bits per heavy atom. The topological polar surface area (TPSA) is 151 Å². The van der Waals surface area contributed by atoms with Gasteiger partial charge in [-0.3, -0.25) is 19.4 Å². The lowest BCUT2D eigenvalue weighted by molar-refractivity contribution is -0.143. The molecule has 2 aromatic heterocycles. The summed E-state index contributed by atoms with van der Waals surface area (Å²) in [4.78, 5) is 38.1. The number of nitriles is 1. The minimum Gasteiger partial charge on any atom is -0.481 e. The Morgan fingerprint density at radius 2 is 1.78 bits per heavy atom. The number of rotatable bonds is 9. The lowest BCUT2D eigenvalue weighted by atomic mass is 9.81. The number of aromatic nitrogens is 3.